The number of nitrogens with one attached hydrogen (secondary N) is 1. The molecular formula is C14H18N4O. The van der Waals surface area contributed by atoms with Gasteiger partial charge in [-0.2, -0.15) is 10.2 Å². The second-order valence-electron chi connectivity index (χ2n) is 4.20. The molecule has 0 amide bonds. The number of hydrogen-bond donors (Lipinski definition) is 1. The molecule has 19 heavy (non-hydrogen) atoms. The summed E-state index contributed by atoms with van der Waals surface area (Å²) in [5.74, 6) is 0.793. The lowest BCUT2D eigenvalue weighted by Gasteiger charge is -2.17. The van der Waals surface area contributed by atoms with Crippen LogP contribution in [0.25, 0.3) is 0 Å². The zero-order valence-electron chi connectivity index (χ0n) is 11.2. The topological polar surface area (TPSA) is 59.9 Å². The summed E-state index contributed by atoms with van der Waals surface area (Å²) in [6.45, 7) is 2.78. The summed E-state index contributed by atoms with van der Waals surface area (Å²) < 4.78 is 5.61. The first-order chi connectivity index (χ1) is 9.35. The first-order valence-corrected chi connectivity index (χ1v) is 6.36. The van der Waals surface area contributed by atoms with E-state index in [4.69, 9.17) is 4.74 Å². The van der Waals surface area contributed by atoms with Crippen molar-refractivity contribution in [2.75, 3.05) is 13.7 Å². The van der Waals surface area contributed by atoms with Gasteiger partial charge in [0.2, 0.25) is 0 Å². The highest BCUT2D eigenvalue weighted by atomic mass is 16.5. The lowest BCUT2D eigenvalue weighted by atomic mass is 10.0. The molecule has 0 aliphatic heterocycles. The van der Waals surface area contributed by atoms with Crippen LogP contribution in [-0.2, 0) is 0 Å². The van der Waals surface area contributed by atoms with Gasteiger partial charge in [0.05, 0.1) is 25.0 Å². The van der Waals surface area contributed by atoms with Gasteiger partial charge in [-0.05, 0) is 36.7 Å². The second kappa shape index (κ2) is 6.80. The van der Waals surface area contributed by atoms with Crippen LogP contribution in [0, 0.1) is 0 Å². The normalized spacial score (nSPS) is 12.1. The fourth-order valence-electron chi connectivity index (χ4n) is 1.89. The molecule has 0 aliphatic carbocycles. The Balaban J connectivity index is 2.23. The molecule has 2 aromatic heterocycles. The van der Waals surface area contributed by atoms with Crippen molar-refractivity contribution >= 4 is 0 Å². The van der Waals surface area contributed by atoms with E-state index in [-0.39, 0.29) is 6.04 Å². The van der Waals surface area contributed by atoms with Crippen molar-refractivity contribution in [3.05, 3.63) is 48.0 Å². The molecule has 100 valence electrons. The molecule has 1 N–H and O–H groups in total. The van der Waals surface area contributed by atoms with E-state index in [2.05, 4.69) is 27.4 Å². The summed E-state index contributed by atoms with van der Waals surface area (Å²) in [6.07, 6.45) is 7.98. The maximum atomic E-state index is 5.61. The highest BCUT2D eigenvalue weighted by Crippen LogP contribution is 2.23. The smallest absolute Gasteiger partial charge is 0.137 e. The largest absolute Gasteiger partial charge is 0.492 e. The third-order valence-corrected chi connectivity index (χ3v) is 2.77. The van der Waals surface area contributed by atoms with Gasteiger partial charge in [0.15, 0.2) is 0 Å². The second-order valence-corrected chi connectivity index (χ2v) is 4.20. The molecule has 0 bridgehead atoms. The van der Waals surface area contributed by atoms with Gasteiger partial charge in [-0.3, -0.25) is 4.98 Å². The Labute approximate surface area is 113 Å². The average molecular weight is 258 g/mol. The Hall–Kier alpha value is -2.01. The van der Waals surface area contributed by atoms with E-state index < -0.39 is 0 Å². The van der Waals surface area contributed by atoms with Gasteiger partial charge in [-0.25, -0.2) is 0 Å². The van der Waals surface area contributed by atoms with Gasteiger partial charge >= 0.3 is 0 Å². The molecule has 0 spiro atoms. The van der Waals surface area contributed by atoms with Crippen molar-refractivity contribution in [1.29, 1.82) is 0 Å². The Morgan fingerprint density at radius 2 is 2.11 bits per heavy atom. The van der Waals surface area contributed by atoms with Crippen molar-refractivity contribution in [2.45, 2.75) is 19.4 Å². The minimum Gasteiger partial charge on any atom is -0.492 e. The van der Waals surface area contributed by atoms with Crippen molar-refractivity contribution in [2.24, 2.45) is 0 Å². The summed E-state index contributed by atoms with van der Waals surface area (Å²) in [6, 6.07) is 3.98. The van der Waals surface area contributed by atoms with Crippen molar-refractivity contribution < 1.29 is 4.74 Å². The molecule has 1 unspecified atom stereocenters. The highest BCUT2D eigenvalue weighted by Gasteiger charge is 2.13. The fourth-order valence-corrected chi connectivity index (χ4v) is 1.89. The molecule has 0 fully saturated rings. The highest BCUT2D eigenvalue weighted by molar-refractivity contribution is 5.32. The summed E-state index contributed by atoms with van der Waals surface area (Å²) >= 11 is 0. The standard InChI is InChI=1S/C14H18N4O/c1-3-6-19-13-7-12(8-16-10-13)14(15-2)11-4-5-17-18-9-11/h4-5,7-10,14-15H,3,6H2,1-2H3. The Kier molecular flexibility index (Phi) is 4.80. The van der Waals surface area contributed by atoms with Crippen LogP contribution in [0.2, 0.25) is 0 Å². The van der Waals surface area contributed by atoms with Crippen LogP contribution in [0.15, 0.2) is 36.9 Å². The number of nitrogens with zero attached hydrogens (tertiary/aromatic N) is 3. The number of aromatic nitrogens is 3. The number of ether oxygens (including phenoxy) is 1. The third-order valence-electron chi connectivity index (χ3n) is 2.77. The first kappa shape index (κ1) is 13.4. The van der Waals surface area contributed by atoms with Crippen LogP contribution in [0.5, 0.6) is 5.75 Å². The molecule has 0 aliphatic rings. The van der Waals surface area contributed by atoms with Crippen molar-refractivity contribution in [3.8, 4) is 5.75 Å². The fraction of sp³-hybridized carbons (Fsp3) is 0.357. The van der Waals surface area contributed by atoms with Gasteiger partial charge < -0.3 is 10.1 Å². The van der Waals surface area contributed by atoms with Crippen LogP contribution in [0.3, 0.4) is 0 Å². The SMILES string of the molecule is CCCOc1cncc(C(NC)c2ccnnc2)c1. The number of rotatable bonds is 6. The van der Waals surface area contributed by atoms with Crippen LogP contribution < -0.4 is 10.1 Å². The number of pyridine rings is 1. The van der Waals surface area contributed by atoms with Crippen molar-refractivity contribution in [1.82, 2.24) is 20.5 Å². The van der Waals surface area contributed by atoms with Gasteiger partial charge in [0.25, 0.3) is 0 Å². The Morgan fingerprint density at radius 1 is 1.21 bits per heavy atom. The van der Waals surface area contributed by atoms with Gasteiger partial charge in [0, 0.05) is 12.4 Å². The molecule has 0 aromatic carbocycles. The lowest BCUT2D eigenvalue weighted by Crippen LogP contribution is -2.18. The quantitative estimate of drug-likeness (QED) is 0.858. The zero-order valence-corrected chi connectivity index (χ0v) is 11.2. The molecule has 5 nitrogen and oxygen atoms in total. The van der Waals surface area contributed by atoms with Crippen molar-refractivity contribution in [3.63, 3.8) is 0 Å². The van der Waals surface area contributed by atoms with Crippen LogP contribution in [0.1, 0.15) is 30.5 Å². The zero-order chi connectivity index (χ0) is 13.5. The van der Waals surface area contributed by atoms with E-state index in [9.17, 15) is 0 Å². The van der Waals surface area contributed by atoms with E-state index in [0.717, 1.165) is 23.3 Å². The maximum Gasteiger partial charge on any atom is 0.137 e. The monoisotopic (exact) mass is 258 g/mol. The predicted molar refractivity (Wildman–Crippen MR) is 73.0 cm³/mol. The van der Waals surface area contributed by atoms with Gasteiger partial charge in [0.1, 0.15) is 5.75 Å². The lowest BCUT2D eigenvalue weighted by molar-refractivity contribution is 0.315. The van der Waals surface area contributed by atoms with Crippen LogP contribution >= 0.6 is 0 Å². The average Bonchev–Trinajstić information content (AvgIpc) is 2.47. The summed E-state index contributed by atoms with van der Waals surface area (Å²) in [5.41, 5.74) is 2.09. The minimum atomic E-state index is 0.0353. The molecule has 2 heterocycles. The summed E-state index contributed by atoms with van der Waals surface area (Å²) in [4.78, 5) is 4.23. The molecule has 0 saturated heterocycles. The van der Waals surface area contributed by atoms with Gasteiger partial charge in [-0.1, -0.05) is 6.92 Å². The molecule has 2 aromatic rings. The molecule has 2 rings (SSSR count). The van der Waals surface area contributed by atoms with Gasteiger partial charge in [-0.15, -0.1) is 0 Å². The van der Waals surface area contributed by atoms with Crippen LogP contribution in [-0.4, -0.2) is 28.8 Å². The molecule has 0 saturated carbocycles. The summed E-state index contributed by atoms with van der Waals surface area (Å²) in [5, 5.41) is 11.0. The minimum absolute atomic E-state index is 0.0353. The maximum absolute atomic E-state index is 5.61. The third kappa shape index (κ3) is 3.48. The molecule has 5 heteroatoms. The number of hydrogen-bond acceptors (Lipinski definition) is 5. The molecule has 0 radical (unpaired) electrons. The van der Waals surface area contributed by atoms with E-state index in [1.807, 2.05) is 25.4 Å². The van der Waals surface area contributed by atoms with Crippen LogP contribution in [0.4, 0.5) is 0 Å². The Bertz CT molecular complexity index is 504. The molecular weight excluding hydrogens is 240 g/mol. The molecule has 1 atom stereocenters. The summed E-state index contributed by atoms with van der Waals surface area (Å²) in [7, 11) is 1.91. The Morgan fingerprint density at radius 3 is 2.79 bits per heavy atom. The van der Waals surface area contributed by atoms with E-state index in [1.165, 1.54) is 0 Å². The van der Waals surface area contributed by atoms with E-state index in [1.54, 1.807) is 18.6 Å². The predicted octanol–water partition coefficient (Wildman–Crippen LogP) is 1.97. The van der Waals surface area contributed by atoms with E-state index >= 15 is 0 Å². The van der Waals surface area contributed by atoms with E-state index in [0.29, 0.717) is 6.61 Å². The first-order valence-electron chi connectivity index (χ1n) is 6.36.